The van der Waals surface area contributed by atoms with Crippen LogP contribution >= 0.6 is 55.0 Å². The van der Waals surface area contributed by atoms with Gasteiger partial charge in [-0.05, 0) is 71.4 Å². The molecule has 36 heavy (non-hydrogen) atoms. The first-order valence-electron chi connectivity index (χ1n) is 11.2. The van der Waals surface area contributed by atoms with Gasteiger partial charge in [-0.15, -0.1) is 11.3 Å². The molecule has 4 aromatic rings. The van der Waals surface area contributed by atoms with Crippen LogP contribution in [0.4, 0.5) is 0 Å². The minimum absolute atomic E-state index is 0.0152. The second-order valence-electron chi connectivity index (χ2n) is 8.17. The molecular weight excluding hydrogens is 628 g/mol. The van der Waals surface area contributed by atoms with Gasteiger partial charge in [-0.3, -0.25) is 14.2 Å². The Kier molecular flexibility index (Phi) is 7.61. The number of hydrogen-bond donors (Lipinski definition) is 2. The first-order valence-corrected chi connectivity index (χ1v) is 14.6. The van der Waals surface area contributed by atoms with Crippen molar-refractivity contribution in [1.82, 2.24) is 15.0 Å². The molecule has 1 amide bonds. The minimum Gasteiger partial charge on any atom is -0.506 e. The number of halogens is 2. The van der Waals surface area contributed by atoms with E-state index >= 15 is 0 Å². The van der Waals surface area contributed by atoms with Gasteiger partial charge in [0.25, 0.3) is 11.5 Å². The largest absolute Gasteiger partial charge is 0.506 e. The number of benzene rings is 2. The van der Waals surface area contributed by atoms with Crippen LogP contribution < -0.4 is 11.0 Å². The smallest absolute Gasteiger partial charge is 0.267 e. The van der Waals surface area contributed by atoms with Crippen LogP contribution in [0.2, 0.25) is 0 Å². The number of rotatable bonds is 6. The van der Waals surface area contributed by atoms with Crippen molar-refractivity contribution in [1.29, 1.82) is 0 Å². The van der Waals surface area contributed by atoms with Crippen molar-refractivity contribution in [3.8, 4) is 11.4 Å². The molecule has 5 rings (SSSR count). The highest BCUT2D eigenvalue weighted by atomic mass is 79.9. The fourth-order valence-corrected chi connectivity index (χ4v) is 7.47. The Labute approximate surface area is 231 Å². The molecule has 2 aromatic carbocycles. The summed E-state index contributed by atoms with van der Waals surface area (Å²) in [4.78, 5) is 33.1. The third kappa shape index (κ3) is 5.15. The molecule has 0 fully saturated rings. The average Bonchev–Trinajstić information content (AvgIpc) is 3.25. The monoisotopic (exact) mass is 646 g/mol. The number of phenols is 1. The summed E-state index contributed by atoms with van der Waals surface area (Å²) in [6.45, 7) is 0. The van der Waals surface area contributed by atoms with E-state index in [0.717, 1.165) is 40.5 Å². The van der Waals surface area contributed by atoms with E-state index in [-0.39, 0.29) is 23.0 Å². The molecule has 184 valence electrons. The minimum atomic E-state index is -0.357. The van der Waals surface area contributed by atoms with Crippen LogP contribution in [-0.2, 0) is 17.6 Å². The van der Waals surface area contributed by atoms with Crippen molar-refractivity contribution in [2.24, 2.45) is 5.10 Å². The number of aromatic hydroxyl groups is 1. The van der Waals surface area contributed by atoms with E-state index in [2.05, 4.69) is 42.4 Å². The molecule has 0 saturated heterocycles. The van der Waals surface area contributed by atoms with Crippen molar-refractivity contribution in [3.05, 3.63) is 77.8 Å². The maximum absolute atomic E-state index is 13.7. The quantitative estimate of drug-likeness (QED) is 0.119. The lowest BCUT2D eigenvalue weighted by atomic mass is 9.97. The molecule has 0 radical (unpaired) electrons. The number of aromatic nitrogens is 2. The lowest BCUT2D eigenvalue weighted by Gasteiger charge is -2.13. The van der Waals surface area contributed by atoms with E-state index < -0.39 is 0 Å². The Morgan fingerprint density at radius 1 is 1.22 bits per heavy atom. The van der Waals surface area contributed by atoms with Crippen LogP contribution in [0.25, 0.3) is 15.9 Å². The zero-order valence-electron chi connectivity index (χ0n) is 18.8. The van der Waals surface area contributed by atoms with E-state index in [1.165, 1.54) is 22.9 Å². The summed E-state index contributed by atoms with van der Waals surface area (Å²) in [5, 5.41) is 15.3. The van der Waals surface area contributed by atoms with Gasteiger partial charge in [0.1, 0.15) is 10.6 Å². The van der Waals surface area contributed by atoms with Gasteiger partial charge in [0.05, 0.1) is 27.5 Å². The number of phenolic OH excluding ortho intramolecular Hbond substituents is 1. The molecule has 0 spiro atoms. The van der Waals surface area contributed by atoms with Crippen molar-refractivity contribution >= 4 is 77.3 Å². The summed E-state index contributed by atoms with van der Waals surface area (Å²) in [5.41, 5.74) is 4.67. The number of hydrazone groups is 1. The van der Waals surface area contributed by atoms with Gasteiger partial charge in [-0.25, -0.2) is 10.4 Å². The van der Waals surface area contributed by atoms with Gasteiger partial charge >= 0.3 is 0 Å². The summed E-state index contributed by atoms with van der Waals surface area (Å²) >= 11 is 9.40. The number of amides is 1. The number of carbonyl (C=O) groups is 1. The van der Waals surface area contributed by atoms with E-state index in [1.54, 1.807) is 28.0 Å². The van der Waals surface area contributed by atoms with Gasteiger partial charge in [-0.1, -0.05) is 45.9 Å². The summed E-state index contributed by atoms with van der Waals surface area (Å²) < 4.78 is 2.87. The van der Waals surface area contributed by atoms with E-state index in [9.17, 15) is 14.7 Å². The molecule has 0 saturated carbocycles. The molecule has 0 aliphatic heterocycles. The molecule has 2 N–H and O–H groups in total. The van der Waals surface area contributed by atoms with E-state index in [4.69, 9.17) is 4.98 Å². The van der Waals surface area contributed by atoms with Gasteiger partial charge in [0.15, 0.2) is 5.16 Å². The standard InChI is InChI=1S/C25H20Br2N4O3S2/c26-15-10-14(22(33)18(27)11-15)12-28-30-20(32)13-35-25-29-23-21(17-8-4-5-9-19(17)36-23)24(34)31(25)16-6-2-1-3-7-16/h1-3,6-7,10-12,33H,4-5,8-9,13H2,(H,30,32)/b28-12-. The third-order valence-electron chi connectivity index (χ3n) is 5.76. The normalized spacial score (nSPS) is 13.3. The number of carbonyl (C=O) groups excluding carboxylic acids is 1. The van der Waals surface area contributed by atoms with Gasteiger partial charge < -0.3 is 5.11 Å². The zero-order chi connectivity index (χ0) is 25.2. The van der Waals surface area contributed by atoms with E-state index in [0.29, 0.717) is 26.3 Å². The Balaban J connectivity index is 1.41. The fourth-order valence-electron chi connectivity index (χ4n) is 4.11. The molecule has 2 aromatic heterocycles. The lowest BCUT2D eigenvalue weighted by molar-refractivity contribution is -0.118. The van der Waals surface area contributed by atoms with Crippen LogP contribution in [0, 0.1) is 0 Å². The number of thiophene rings is 1. The van der Waals surface area contributed by atoms with Crippen molar-refractivity contribution in [2.45, 2.75) is 30.8 Å². The Morgan fingerprint density at radius 2 is 2.00 bits per heavy atom. The summed E-state index contributed by atoms with van der Waals surface area (Å²) in [5.74, 6) is -0.320. The molecule has 1 aliphatic rings. The van der Waals surface area contributed by atoms with Gasteiger partial charge in [0, 0.05) is 14.9 Å². The predicted octanol–water partition coefficient (Wildman–Crippen LogP) is 5.80. The van der Waals surface area contributed by atoms with Crippen LogP contribution in [0.15, 0.2) is 66.5 Å². The first kappa shape index (κ1) is 25.2. The number of para-hydroxylation sites is 1. The Hall–Kier alpha value is -2.47. The van der Waals surface area contributed by atoms with Gasteiger partial charge in [0.2, 0.25) is 0 Å². The van der Waals surface area contributed by atoms with Crippen molar-refractivity contribution in [2.75, 3.05) is 5.75 Å². The molecular formula is C25H20Br2N4O3S2. The lowest BCUT2D eigenvalue weighted by Crippen LogP contribution is -2.24. The van der Waals surface area contributed by atoms with Crippen LogP contribution in [-0.4, -0.2) is 32.5 Å². The number of nitrogens with one attached hydrogen (secondary N) is 1. The number of nitrogens with zero attached hydrogens (tertiary/aromatic N) is 3. The second kappa shape index (κ2) is 10.9. The SMILES string of the molecule is O=C(CSc1nc2sc3c(c2c(=O)n1-c1ccccc1)CCCC3)N/N=C\c1cc(Br)cc(Br)c1O. The third-order valence-corrected chi connectivity index (χ3v) is 8.94. The number of fused-ring (bicyclic) bond motifs is 3. The van der Waals surface area contributed by atoms with Crippen molar-refractivity contribution < 1.29 is 9.90 Å². The molecule has 0 unspecified atom stereocenters. The molecule has 0 bridgehead atoms. The summed E-state index contributed by atoms with van der Waals surface area (Å²) in [6, 6.07) is 12.8. The predicted molar refractivity (Wildman–Crippen MR) is 152 cm³/mol. The highest BCUT2D eigenvalue weighted by molar-refractivity contribution is 9.11. The van der Waals surface area contributed by atoms with Crippen LogP contribution in [0.1, 0.15) is 28.8 Å². The summed E-state index contributed by atoms with van der Waals surface area (Å²) in [6.07, 6.45) is 5.46. The molecule has 7 nitrogen and oxygen atoms in total. The highest BCUT2D eigenvalue weighted by Crippen LogP contribution is 2.35. The van der Waals surface area contributed by atoms with Gasteiger partial charge in [-0.2, -0.15) is 5.10 Å². The van der Waals surface area contributed by atoms with Crippen molar-refractivity contribution in [3.63, 3.8) is 0 Å². The second-order valence-corrected chi connectivity index (χ2v) is 12.0. The fraction of sp³-hybridized carbons (Fsp3) is 0.200. The van der Waals surface area contributed by atoms with Crippen LogP contribution in [0.3, 0.4) is 0 Å². The summed E-state index contributed by atoms with van der Waals surface area (Å²) in [7, 11) is 0. The average molecular weight is 648 g/mol. The maximum Gasteiger partial charge on any atom is 0.267 e. The molecule has 0 atom stereocenters. The maximum atomic E-state index is 13.7. The molecule has 11 heteroatoms. The molecule has 1 aliphatic carbocycles. The Bertz CT molecular complexity index is 1550. The number of aryl methyl sites for hydroxylation is 2. The zero-order valence-corrected chi connectivity index (χ0v) is 23.6. The first-order chi connectivity index (χ1) is 17.4. The topological polar surface area (TPSA) is 96.6 Å². The van der Waals surface area contributed by atoms with E-state index in [1.807, 2.05) is 30.3 Å². The number of hydrogen-bond acceptors (Lipinski definition) is 7. The highest BCUT2D eigenvalue weighted by Gasteiger charge is 2.23. The molecule has 2 heterocycles. The Morgan fingerprint density at radius 3 is 2.81 bits per heavy atom. The number of thioether (sulfide) groups is 1. The van der Waals surface area contributed by atoms with Crippen LogP contribution in [0.5, 0.6) is 5.75 Å².